The molecule has 0 aromatic rings. The van der Waals surface area contributed by atoms with E-state index in [9.17, 15) is 24.0 Å². The van der Waals surface area contributed by atoms with Crippen molar-refractivity contribution in [2.24, 2.45) is 5.73 Å². The molecule has 0 fully saturated rings. The standard InChI is InChI=1S/C4H7NO.2C4H6O6/c1-2-3-4(5)6;2*5-1(3(7)8)2(6)4(9)10/h2-3H,1H3,(H2,5,6);2*1-2,5-6H,(H,7,8)(H,9,10). The van der Waals surface area contributed by atoms with E-state index in [1.807, 2.05) is 0 Å². The second kappa shape index (κ2) is 14.3. The lowest BCUT2D eigenvalue weighted by molar-refractivity contribution is -0.165. The van der Waals surface area contributed by atoms with Crippen LogP contribution in [0.5, 0.6) is 0 Å². The van der Waals surface area contributed by atoms with Gasteiger partial charge < -0.3 is 46.6 Å². The van der Waals surface area contributed by atoms with E-state index in [2.05, 4.69) is 5.73 Å². The number of nitrogens with two attached hydrogens (primary N) is 1. The lowest BCUT2D eigenvalue weighted by atomic mass is 10.2. The Bertz CT molecular complexity index is 457. The molecule has 0 heterocycles. The van der Waals surface area contributed by atoms with Gasteiger partial charge in [0.1, 0.15) is 0 Å². The molecule has 0 spiro atoms. The SMILES string of the molecule is CC=CC(N)=O.O=C(O)C(O)C(O)C(=O)O.O=C(O)C(O)C(O)C(=O)O. The largest absolute Gasteiger partial charge is 0.479 e. The van der Waals surface area contributed by atoms with Crippen molar-refractivity contribution in [2.45, 2.75) is 31.3 Å². The lowest BCUT2D eigenvalue weighted by Crippen LogP contribution is -2.39. The normalized spacial score (nSPS) is 14.3. The summed E-state index contributed by atoms with van der Waals surface area (Å²) >= 11 is 0. The molecule has 1 amide bonds. The predicted octanol–water partition coefficient (Wildman–Crippen LogP) is -4.20. The number of aliphatic hydroxyl groups excluding tert-OH is 4. The zero-order valence-electron chi connectivity index (χ0n) is 13.2. The Morgan fingerprint density at radius 3 is 0.885 bits per heavy atom. The number of hydrogen-bond acceptors (Lipinski definition) is 9. The van der Waals surface area contributed by atoms with Crippen LogP contribution in [0, 0.1) is 0 Å². The van der Waals surface area contributed by atoms with Gasteiger partial charge in [-0.05, 0) is 13.0 Å². The van der Waals surface area contributed by atoms with Gasteiger partial charge in [-0.3, -0.25) is 4.79 Å². The summed E-state index contributed by atoms with van der Waals surface area (Å²) in [5.74, 6) is -7.47. The first-order chi connectivity index (χ1) is 11.7. The second-order valence-corrected chi connectivity index (χ2v) is 4.03. The number of carbonyl (C=O) groups is 5. The van der Waals surface area contributed by atoms with Gasteiger partial charge in [-0.1, -0.05) is 6.08 Å². The van der Waals surface area contributed by atoms with Crippen LogP contribution in [0.15, 0.2) is 12.2 Å². The number of primary amides is 1. The number of aliphatic carboxylic acids is 4. The van der Waals surface area contributed by atoms with E-state index in [1.54, 1.807) is 13.0 Å². The molecule has 0 radical (unpaired) electrons. The second-order valence-electron chi connectivity index (χ2n) is 4.03. The molecular weight excluding hydrogens is 366 g/mol. The number of rotatable bonds is 7. The van der Waals surface area contributed by atoms with Gasteiger partial charge in [0.15, 0.2) is 24.4 Å². The maximum Gasteiger partial charge on any atom is 0.335 e. The molecule has 150 valence electrons. The van der Waals surface area contributed by atoms with E-state index in [0.717, 1.165) is 0 Å². The molecule has 0 aliphatic carbocycles. The molecule has 0 saturated carbocycles. The first kappa shape index (κ1) is 27.8. The van der Waals surface area contributed by atoms with Gasteiger partial charge in [0.25, 0.3) is 0 Å². The van der Waals surface area contributed by atoms with E-state index in [1.165, 1.54) is 6.08 Å². The van der Waals surface area contributed by atoms with Crippen molar-refractivity contribution in [3.05, 3.63) is 12.2 Å². The predicted molar refractivity (Wildman–Crippen MR) is 78.6 cm³/mol. The van der Waals surface area contributed by atoms with E-state index in [0.29, 0.717) is 0 Å². The van der Waals surface area contributed by atoms with Gasteiger partial charge in [-0.15, -0.1) is 0 Å². The van der Waals surface area contributed by atoms with Crippen LogP contribution in [0.3, 0.4) is 0 Å². The Labute approximate surface area is 145 Å². The van der Waals surface area contributed by atoms with Crippen LogP contribution in [-0.2, 0) is 24.0 Å². The minimum Gasteiger partial charge on any atom is -0.479 e. The molecule has 0 aromatic carbocycles. The van der Waals surface area contributed by atoms with Crippen molar-refractivity contribution < 1.29 is 64.8 Å². The highest BCUT2D eigenvalue weighted by Gasteiger charge is 2.30. The number of carboxylic acids is 4. The fraction of sp³-hybridized carbons (Fsp3) is 0.417. The number of carboxylic acid groups (broad SMARTS) is 4. The molecule has 0 bridgehead atoms. The maximum atomic E-state index is 9.77. The van der Waals surface area contributed by atoms with Gasteiger partial charge in [-0.25, -0.2) is 19.2 Å². The summed E-state index contributed by atoms with van der Waals surface area (Å²) in [6, 6.07) is 0. The summed E-state index contributed by atoms with van der Waals surface area (Å²) < 4.78 is 0. The topological polar surface area (TPSA) is 273 Å². The van der Waals surface area contributed by atoms with Gasteiger partial charge in [0.05, 0.1) is 0 Å². The average Bonchev–Trinajstić information content (AvgIpc) is 2.52. The Hall–Kier alpha value is -3.07. The van der Waals surface area contributed by atoms with Crippen LogP contribution in [-0.4, -0.2) is 95.1 Å². The smallest absolute Gasteiger partial charge is 0.335 e. The van der Waals surface area contributed by atoms with E-state index >= 15 is 0 Å². The van der Waals surface area contributed by atoms with Crippen LogP contribution < -0.4 is 5.73 Å². The third-order valence-corrected chi connectivity index (χ3v) is 1.94. The molecule has 4 atom stereocenters. The van der Waals surface area contributed by atoms with Crippen molar-refractivity contribution in [1.82, 2.24) is 0 Å². The number of allylic oxidation sites excluding steroid dienone is 1. The molecule has 0 aliphatic heterocycles. The highest BCUT2D eigenvalue weighted by atomic mass is 16.4. The molecule has 0 aliphatic rings. The molecule has 0 aromatic heterocycles. The summed E-state index contributed by atoms with van der Waals surface area (Å²) in [7, 11) is 0. The average molecular weight is 385 g/mol. The number of aliphatic hydroxyl groups is 4. The molecule has 0 saturated heterocycles. The Morgan fingerprint density at radius 2 is 0.846 bits per heavy atom. The van der Waals surface area contributed by atoms with Crippen LogP contribution >= 0.6 is 0 Å². The molecule has 14 nitrogen and oxygen atoms in total. The summed E-state index contributed by atoms with van der Waals surface area (Å²) in [5, 5.41) is 65.1. The zero-order chi connectivity index (χ0) is 21.6. The minimum atomic E-state index is -2.27. The maximum absolute atomic E-state index is 9.77. The van der Waals surface area contributed by atoms with Crippen LogP contribution in [0.25, 0.3) is 0 Å². The summed E-state index contributed by atoms with van der Waals surface area (Å²) in [6.07, 6.45) is -6.16. The Balaban J connectivity index is -0.000000316. The van der Waals surface area contributed by atoms with Gasteiger partial charge in [0, 0.05) is 0 Å². The zero-order valence-corrected chi connectivity index (χ0v) is 13.2. The quantitative estimate of drug-likeness (QED) is 0.188. The minimum absolute atomic E-state index is 0.391. The number of carbonyl (C=O) groups excluding carboxylic acids is 1. The van der Waals surface area contributed by atoms with Crippen molar-refractivity contribution in [3.63, 3.8) is 0 Å². The summed E-state index contributed by atoms with van der Waals surface area (Å²) in [5.41, 5.74) is 4.68. The van der Waals surface area contributed by atoms with Gasteiger partial charge in [-0.2, -0.15) is 0 Å². The van der Waals surface area contributed by atoms with Crippen molar-refractivity contribution in [3.8, 4) is 0 Å². The van der Waals surface area contributed by atoms with E-state index in [4.69, 9.17) is 40.9 Å². The van der Waals surface area contributed by atoms with Crippen molar-refractivity contribution in [1.29, 1.82) is 0 Å². The van der Waals surface area contributed by atoms with Crippen molar-refractivity contribution in [2.75, 3.05) is 0 Å². The lowest BCUT2D eigenvalue weighted by Gasteiger charge is -2.07. The van der Waals surface area contributed by atoms with Crippen LogP contribution in [0.1, 0.15) is 6.92 Å². The molecule has 10 N–H and O–H groups in total. The highest BCUT2D eigenvalue weighted by molar-refractivity contribution is 5.85. The van der Waals surface area contributed by atoms with E-state index in [-0.39, 0.29) is 0 Å². The number of hydrogen-bond donors (Lipinski definition) is 9. The molecular formula is C12H19NO13. The molecule has 26 heavy (non-hydrogen) atoms. The van der Waals surface area contributed by atoms with Crippen molar-refractivity contribution >= 4 is 29.8 Å². The number of amides is 1. The van der Waals surface area contributed by atoms with Gasteiger partial charge in [0.2, 0.25) is 5.91 Å². The third kappa shape index (κ3) is 14.5. The summed E-state index contributed by atoms with van der Waals surface area (Å²) in [4.78, 5) is 48.8. The molecule has 4 unspecified atom stereocenters. The molecule has 14 heteroatoms. The first-order valence-electron chi connectivity index (χ1n) is 6.26. The fourth-order valence-electron chi connectivity index (χ4n) is 0.704. The van der Waals surface area contributed by atoms with Crippen LogP contribution in [0.4, 0.5) is 0 Å². The first-order valence-corrected chi connectivity index (χ1v) is 6.26. The Kier molecular flexibility index (Phi) is 15.3. The van der Waals surface area contributed by atoms with Crippen LogP contribution in [0.2, 0.25) is 0 Å². The molecule has 0 rings (SSSR count). The van der Waals surface area contributed by atoms with Gasteiger partial charge >= 0.3 is 23.9 Å². The fourth-order valence-corrected chi connectivity index (χ4v) is 0.704. The van der Waals surface area contributed by atoms with E-state index < -0.39 is 54.2 Å². The third-order valence-electron chi connectivity index (χ3n) is 1.94. The summed E-state index contributed by atoms with van der Waals surface area (Å²) in [6.45, 7) is 1.74. The Morgan fingerprint density at radius 1 is 0.654 bits per heavy atom. The highest BCUT2D eigenvalue weighted by Crippen LogP contribution is 1.93. The monoisotopic (exact) mass is 385 g/mol.